The second kappa shape index (κ2) is 7.98. The normalized spacial score (nSPS) is 11.5. The molecule has 0 fully saturated rings. The van der Waals surface area contributed by atoms with Crippen molar-refractivity contribution in [2.45, 2.75) is 39.7 Å². The van der Waals surface area contributed by atoms with Crippen molar-refractivity contribution in [2.24, 2.45) is 0 Å². The number of hydrogen-bond donors (Lipinski definition) is 0. The number of benzene rings is 1. The summed E-state index contributed by atoms with van der Waals surface area (Å²) < 4.78 is 11.1. The molecule has 0 unspecified atom stereocenters. The van der Waals surface area contributed by atoms with Crippen LogP contribution in [0.4, 0.5) is 0 Å². The van der Waals surface area contributed by atoms with Crippen molar-refractivity contribution in [3.05, 3.63) is 66.1 Å². The molecule has 8 nitrogen and oxygen atoms in total. The van der Waals surface area contributed by atoms with Crippen molar-refractivity contribution >= 4 is 0 Å². The number of nitrogens with zero attached hydrogens (tertiary/aromatic N) is 6. The smallest absolute Gasteiger partial charge is 0.264 e. The second-order valence-electron chi connectivity index (χ2n) is 7.89. The van der Waals surface area contributed by atoms with Crippen molar-refractivity contribution < 1.29 is 9.26 Å². The Morgan fingerprint density at radius 3 is 2.47 bits per heavy atom. The van der Waals surface area contributed by atoms with Gasteiger partial charge in [-0.1, -0.05) is 50.2 Å². The molecule has 152 valence electrons. The molecule has 3 heterocycles. The molecular weight excluding hydrogens is 380 g/mol. The van der Waals surface area contributed by atoms with Crippen molar-refractivity contribution in [3.63, 3.8) is 0 Å². The van der Waals surface area contributed by atoms with Gasteiger partial charge < -0.3 is 9.26 Å². The molecular formula is C22H22N6O2. The highest BCUT2D eigenvalue weighted by Crippen LogP contribution is 2.25. The first kappa shape index (κ1) is 19.6. The summed E-state index contributed by atoms with van der Waals surface area (Å²) in [7, 11) is 0. The van der Waals surface area contributed by atoms with E-state index in [1.54, 1.807) is 24.7 Å². The summed E-state index contributed by atoms with van der Waals surface area (Å²) in [6, 6.07) is 9.90. The lowest BCUT2D eigenvalue weighted by molar-refractivity contribution is 0.235. The number of rotatable bonds is 5. The van der Waals surface area contributed by atoms with E-state index in [9.17, 15) is 0 Å². The van der Waals surface area contributed by atoms with Crippen LogP contribution >= 0.6 is 0 Å². The average Bonchev–Trinajstić information content (AvgIpc) is 3.21. The first-order valence-corrected chi connectivity index (χ1v) is 9.57. The van der Waals surface area contributed by atoms with Crippen LogP contribution in [0.15, 0.2) is 53.4 Å². The highest BCUT2D eigenvalue weighted by Gasteiger charge is 2.15. The standard InChI is InChI=1S/C22H22N6O2/c1-14-11-18(26-21(25-14)17-12-23-9-10-24-17)29-13-19-27-20(28-30-19)15-5-7-16(8-6-15)22(2,3)4/h5-12H,13H2,1-4H3. The zero-order valence-electron chi connectivity index (χ0n) is 17.3. The molecule has 0 aliphatic rings. The molecule has 0 saturated carbocycles. The highest BCUT2D eigenvalue weighted by molar-refractivity contribution is 5.55. The van der Waals surface area contributed by atoms with Crippen LogP contribution in [0.2, 0.25) is 0 Å². The first-order valence-electron chi connectivity index (χ1n) is 9.57. The summed E-state index contributed by atoms with van der Waals surface area (Å²) in [4.78, 5) is 21.5. The van der Waals surface area contributed by atoms with E-state index in [4.69, 9.17) is 9.26 Å². The van der Waals surface area contributed by atoms with Crippen LogP contribution in [0.25, 0.3) is 22.9 Å². The number of ether oxygens (including phenoxy) is 1. The van der Waals surface area contributed by atoms with Gasteiger partial charge in [0.2, 0.25) is 11.7 Å². The van der Waals surface area contributed by atoms with Gasteiger partial charge in [-0.05, 0) is 17.9 Å². The fourth-order valence-corrected chi connectivity index (χ4v) is 2.83. The van der Waals surface area contributed by atoms with Gasteiger partial charge >= 0.3 is 0 Å². The van der Waals surface area contributed by atoms with Crippen molar-refractivity contribution in [3.8, 4) is 28.8 Å². The zero-order chi connectivity index (χ0) is 21.1. The van der Waals surface area contributed by atoms with Crippen LogP contribution in [0, 0.1) is 6.92 Å². The predicted octanol–water partition coefficient (Wildman–Crippen LogP) is 4.17. The van der Waals surface area contributed by atoms with Gasteiger partial charge in [0, 0.05) is 29.7 Å². The molecule has 0 N–H and O–H groups in total. The lowest BCUT2D eigenvalue weighted by atomic mass is 9.87. The second-order valence-corrected chi connectivity index (χ2v) is 7.89. The molecule has 4 aromatic rings. The minimum Gasteiger partial charge on any atom is -0.467 e. The van der Waals surface area contributed by atoms with Crippen LogP contribution in [0.3, 0.4) is 0 Å². The monoisotopic (exact) mass is 402 g/mol. The van der Waals surface area contributed by atoms with E-state index in [1.165, 1.54) is 5.56 Å². The Bertz CT molecular complexity index is 1130. The maximum atomic E-state index is 5.75. The molecule has 0 bridgehead atoms. The number of aryl methyl sites for hydroxylation is 1. The van der Waals surface area contributed by atoms with Gasteiger partial charge in [-0.3, -0.25) is 4.98 Å². The lowest BCUT2D eigenvalue weighted by Crippen LogP contribution is -2.10. The Kier molecular flexibility index (Phi) is 5.22. The van der Waals surface area contributed by atoms with Crippen molar-refractivity contribution in [1.82, 2.24) is 30.1 Å². The topological polar surface area (TPSA) is 99.7 Å². The summed E-state index contributed by atoms with van der Waals surface area (Å²) in [6.07, 6.45) is 4.80. The third kappa shape index (κ3) is 4.48. The highest BCUT2D eigenvalue weighted by atomic mass is 16.5. The van der Waals surface area contributed by atoms with Gasteiger partial charge in [0.15, 0.2) is 12.4 Å². The van der Waals surface area contributed by atoms with Crippen molar-refractivity contribution in [1.29, 1.82) is 0 Å². The van der Waals surface area contributed by atoms with Crippen molar-refractivity contribution in [2.75, 3.05) is 0 Å². The Balaban J connectivity index is 1.47. The van der Waals surface area contributed by atoms with E-state index >= 15 is 0 Å². The minimum atomic E-state index is 0.0919. The SMILES string of the molecule is Cc1cc(OCc2nc(-c3ccc(C(C)(C)C)cc3)no2)nc(-c2cnccn2)n1. The van der Waals surface area contributed by atoms with Crippen LogP contribution in [-0.4, -0.2) is 30.1 Å². The molecule has 30 heavy (non-hydrogen) atoms. The van der Waals surface area contributed by atoms with E-state index < -0.39 is 0 Å². The molecule has 0 radical (unpaired) electrons. The molecule has 0 spiro atoms. The molecule has 0 saturated heterocycles. The fraction of sp³-hybridized carbons (Fsp3) is 0.273. The van der Waals surface area contributed by atoms with Crippen LogP contribution in [-0.2, 0) is 12.0 Å². The van der Waals surface area contributed by atoms with Gasteiger partial charge in [-0.25, -0.2) is 9.97 Å². The minimum absolute atomic E-state index is 0.0919. The van der Waals surface area contributed by atoms with Crippen LogP contribution in [0.1, 0.15) is 37.9 Å². The molecule has 8 heteroatoms. The molecule has 3 aromatic heterocycles. The van der Waals surface area contributed by atoms with E-state index in [0.29, 0.717) is 29.1 Å². The molecule has 0 aliphatic heterocycles. The van der Waals surface area contributed by atoms with Gasteiger partial charge in [-0.2, -0.15) is 9.97 Å². The van der Waals surface area contributed by atoms with Gasteiger partial charge in [0.1, 0.15) is 5.69 Å². The Morgan fingerprint density at radius 2 is 1.77 bits per heavy atom. The van der Waals surface area contributed by atoms with Gasteiger partial charge in [0.25, 0.3) is 5.89 Å². The quantitative estimate of drug-likeness (QED) is 0.490. The van der Waals surface area contributed by atoms with Crippen LogP contribution in [0.5, 0.6) is 5.88 Å². The maximum Gasteiger partial charge on any atom is 0.264 e. The Morgan fingerprint density at radius 1 is 0.967 bits per heavy atom. The maximum absolute atomic E-state index is 5.75. The zero-order valence-corrected chi connectivity index (χ0v) is 17.3. The predicted molar refractivity (Wildman–Crippen MR) is 111 cm³/mol. The lowest BCUT2D eigenvalue weighted by Gasteiger charge is -2.18. The molecule has 4 rings (SSSR count). The Labute approximate surface area is 174 Å². The van der Waals surface area contributed by atoms with Crippen LogP contribution < -0.4 is 4.74 Å². The van der Waals surface area contributed by atoms with E-state index in [2.05, 4.69) is 63.0 Å². The summed E-state index contributed by atoms with van der Waals surface area (Å²) in [5, 5.41) is 4.06. The Hall–Kier alpha value is -3.68. The van der Waals surface area contributed by atoms with E-state index in [0.717, 1.165) is 11.3 Å². The summed E-state index contributed by atoms with van der Waals surface area (Å²) >= 11 is 0. The molecule has 0 amide bonds. The molecule has 1 aromatic carbocycles. The van der Waals surface area contributed by atoms with E-state index in [1.807, 2.05) is 19.1 Å². The summed E-state index contributed by atoms with van der Waals surface area (Å²) in [6.45, 7) is 8.49. The number of hydrogen-bond acceptors (Lipinski definition) is 8. The summed E-state index contributed by atoms with van der Waals surface area (Å²) in [5.74, 6) is 1.73. The fourth-order valence-electron chi connectivity index (χ4n) is 2.83. The van der Waals surface area contributed by atoms with Gasteiger partial charge in [-0.15, -0.1) is 0 Å². The molecule has 0 atom stereocenters. The van der Waals surface area contributed by atoms with Gasteiger partial charge in [0.05, 0.1) is 6.20 Å². The number of aromatic nitrogens is 6. The first-order chi connectivity index (χ1) is 14.4. The van der Waals surface area contributed by atoms with E-state index in [-0.39, 0.29) is 12.0 Å². The average molecular weight is 402 g/mol. The molecule has 0 aliphatic carbocycles. The largest absolute Gasteiger partial charge is 0.467 e. The third-order valence-corrected chi connectivity index (χ3v) is 4.44. The third-order valence-electron chi connectivity index (χ3n) is 4.44. The summed E-state index contributed by atoms with van der Waals surface area (Å²) in [5.41, 5.74) is 3.56.